The molecule has 0 unspecified atom stereocenters. The van der Waals surface area contributed by atoms with Crippen molar-refractivity contribution >= 4 is 39.8 Å². The Balaban J connectivity index is 1.64. The molecular formula is C20H19N3O5S. The first kappa shape index (κ1) is 20.2. The van der Waals surface area contributed by atoms with Gasteiger partial charge in [0.15, 0.2) is 6.10 Å². The zero-order valence-corrected chi connectivity index (χ0v) is 16.3. The van der Waals surface area contributed by atoms with Crippen LogP contribution in [0, 0.1) is 0 Å². The Hall–Kier alpha value is -3.59. The summed E-state index contributed by atoms with van der Waals surface area (Å²) < 4.78 is 10.6. The maximum absolute atomic E-state index is 12.6. The van der Waals surface area contributed by atoms with E-state index in [1.54, 1.807) is 42.0 Å². The Kier molecular flexibility index (Phi) is 6.30. The van der Waals surface area contributed by atoms with Gasteiger partial charge in [0, 0.05) is 5.69 Å². The van der Waals surface area contributed by atoms with Gasteiger partial charge in [-0.2, -0.15) is 0 Å². The lowest BCUT2D eigenvalue weighted by Gasteiger charge is -2.15. The molecule has 0 fully saturated rings. The van der Waals surface area contributed by atoms with Crippen LogP contribution < -0.4 is 16.4 Å². The van der Waals surface area contributed by atoms with E-state index in [9.17, 15) is 14.4 Å². The molecule has 3 rings (SSSR count). The molecule has 0 spiro atoms. The van der Waals surface area contributed by atoms with Crippen molar-refractivity contribution in [2.75, 3.05) is 10.6 Å². The fourth-order valence-corrected chi connectivity index (χ4v) is 3.30. The van der Waals surface area contributed by atoms with Crippen molar-refractivity contribution in [3.05, 3.63) is 71.0 Å². The standard InChI is InChI=1S/C20H19N3O5S/c1-12(18(25)23-19-15(17(21)24)8-10-29-19)28-20(26)14-6-2-3-7-16(14)22-11-13-5-4-9-27-13/h2-10,12,22H,11H2,1H3,(H2,21,24)(H,23,25)/t12-/m1/s1. The number of ether oxygens (including phenoxy) is 1. The summed E-state index contributed by atoms with van der Waals surface area (Å²) in [7, 11) is 0. The SMILES string of the molecule is C[C@@H](OC(=O)c1ccccc1NCc1ccco1)C(=O)Nc1sccc1C(N)=O. The molecule has 0 aliphatic carbocycles. The molecule has 0 aliphatic heterocycles. The average Bonchev–Trinajstić information content (AvgIpc) is 3.38. The molecule has 3 aromatic rings. The monoisotopic (exact) mass is 413 g/mol. The smallest absolute Gasteiger partial charge is 0.341 e. The molecule has 2 aromatic heterocycles. The number of hydrogen-bond acceptors (Lipinski definition) is 7. The van der Waals surface area contributed by atoms with Crippen LogP contribution in [0.3, 0.4) is 0 Å². The molecule has 29 heavy (non-hydrogen) atoms. The number of thiophene rings is 1. The van der Waals surface area contributed by atoms with E-state index in [1.165, 1.54) is 13.0 Å². The van der Waals surface area contributed by atoms with E-state index in [0.717, 1.165) is 11.3 Å². The van der Waals surface area contributed by atoms with Crippen LogP contribution in [-0.4, -0.2) is 23.9 Å². The molecule has 0 saturated carbocycles. The fourth-order valence-electron chi connectivity index (χ4n) is 2.50. The summed E-state index contributed by atoms with van der Waals surface area (Å²) in [5, 5.41) is 7.61. The van der Waals surface area contributed by atoms with Gasteiger partial charge in [-0.1, -0.05) is 12.1 Å². The Bertz CT molecular complexity index is 1010. The molecule has 0 aliphatic rings. The number of amides is 2. The van der Waals surface area contributed by atoms with E-state index in [2.05, 4.69) is 10.6 Å². The number of nitrogens with one attached hydrogen (secondary N) is 2. The molecule has 0 saturated heterocycles. The minimum Gasteiger partial charge on any atom is -0.467 e. The van der Waals surface area contributed by atoms with Gasteiger partial charge >= 0.3 is 5.97 Å². The first-order valence-electron chi connectivity index (χ1n) is 8.70. The number of hydrogen-bond donors (Lipinski definition) is 3. The molecule has 2 amide bonds. The van der Waals surface area contributed by atoms with Crippen molar-refractivity contribution in [3.8, 4) is 0 Å². The van der Waals surface area contributed by atoms with E-state index < -0.39 is 23.9 Å². The van der Waals surface area contributed by atoms with Gasteiger partial charge in [0.25, 0.3) is 11.8 Å². The van der Waals surface area contributed by atoms with E-state index in [4.69, 9.17) is 14.9 Å². The largest absolute Gasteiger partial charge is 0.467 e. The summed E-state index contributed by atoms with van der Waals surface area (Å²) >= 11 is 1.15. The van der Waals surface area contributed by atoms with Crippen LogP contribution in [0.4, 0.5) is 10.7 Å². The molecule has 2 heterocycles. The highest BCUT2D eigenvalue weighted by atomic mass is 32.1. The fraction of sp³-hybridized carbons (Fsp3) is 0.150. The maximum Gasteiger partial charge on any atom is 0.341 e. The van der Waals surface area contributed by atoms with Gasteiger partial charge in [-0.3, -0.25) is 9.59 Å². The first-order chi connectivity index (χ1) is 14.0. The minimum absolute atomic E-state index is 0.203. The molecule has 8 nitrogen and oxygen atoms in total. The number of benzene rings is 1. The van der Waals surface area contributed by atoms with E-state index in [0.29, 0.717) is 23.0 Å². The lowest BCUT2D eigenvalue weighted by Crippen LogP contribution is -2.30. The molecular weight excluding hydrogens is 394 g/mol. The topological polar surface area (TPSA) is 124 Å². The van der Waals surface area contributed by atoms with Gasteiger partial charge in [0.1, 0.15) is 10.8 Å². The molecule has 4 N–H and O–H groups in total. The van der Waals surface area contributed by atoms with Crippen molar-refractivity contribution in [1.82, 2.24) is 0 Å². The van der Waals surface area contributed by atoms with E-state index in [-0.39, 0.29) is 11.1 Å². The summed E-state index contributed by atoms with van der Waals surface area (Å²) in [5.41, 5.74) is 6.30. The highest BCUT2D eigenvalue weighted by Crippen LogP contribution is 2.23. The van der Waals surface area contributed by atoms with Crippen molar-refractivity contribution in [2.45, 2.75) is 19.6 Å². The lowest BCUT2D eigenvalue weighted by molar-refractivity contribution is -0.123. The van der Waals surface area contributed by atoms with Gasteiger partial charge in [-0.15, -0.1) is 11.3 Å². The maximum atomic E-state index is 12.6. The molecule has 9 heteroatoms. The second-order valence-corrected chi connectivity index (χ2v) is 6.96. The summed E-state index contributed by atoms with van der Waals surface area (Å²) in [6.45, 7) is 1.84. The second kappa shape index (κ2) is 9.07. The lowest BCUT2D eigenvalue weighted by atomic mass is 10.1. The van der Waals surface area contributed by atoms with Crippen LogP contribution in [0.5, 0.6) is 0 Å². The average molecular weight is 413 g/mol. The van der Waals surface area contributed by atoms with E-state index in [1.807, 2.05) is 6.07 Å². The number of anilines is 2. The zero-order chi connectivity index (χ0) is 20.8. The quantitative estimate of drug-likeness (QED) is 0.487. The highest BCUT2D eigenvalue weighted by Gasteiger charge is 2.22. The number of carbonyl (C=O) groups is 3. The van der Waals surface area contributed by atoms with E-state index >= 15 is 0 Å². The summed E-state index contributed by atoms with van der Waals surface area (Å²) in [6.07, 6.45) is 0.484. The Labute approximate surface area is 170 Å². The second-order valence-electron chi connectivity index (χ2n) is 6.04. The number of carbonyl (C=O) groups excluding carboxylic acids is 3. The number of para-hydroxylation sites is 1. The third kappa shape index (κ3) is 5.02. The van der Waals surface area contributed by atoms with Crippen molar-refractivity contribution in [3.63, 3.8) is 0 Å². The third-order valence-corrected chi connectivity index (χ3v) is 4.83. The van der Waals surface area contributed by atoms with Crippen LogP contribution in [0.2, 0.25) is 0 Å². The predicted octanol–water partition coefficient (Wildman–Crippen LogP) is 3.24. The van der Waals surface area contributed by atoms with Crippen LogP contribution in [-0.2, 0) is 16.1 Å². The third-order valence-electron chi connectivity index (χ3n) is 4.00. The summed E-state index contributed by atoms with van der Waals surface area (Å²) in [4.78, 5) is 36.3. The van der Waals surface area contributed by atoms with Gasteiger partial charge in [-0.05, 0) is 42.6 Å². The Morgan fingerprint density at radius 2 is 1.93 bits per heavy atom. The zero-order valence-electron chi connectivity index (χ0n) is 15.5. The number of primary amides is 1. The number of furan rings is 1. The highest BCUT2D eigenvalue weighted by molar-refractivity contribution is 7.14. The molecule has 150 valence electrons. The van der Waals surface area contributed by atoms with Gasteiger partial charge in [0.05, 0.1) is 23.9 Å². The van der Waals surface area contributed by atoms with Crippen molar-refractivity contribution < 1.29 is 23.5 Å². The molecule has 0 radical (unpaired) electrons. The predicted molar refractivity (Wildman–Crippen MR) is 109 cm³/mol. The molecule has 1 aromatic carbocycles. The summed E-state index contributed by atoms with van der Waals surface area (Å²) in [5.74, 6) is -1.16. The molecule has 1 atom stereocenters. The van der Waals surface area contributed by atoms with Gasteiger partial charge in [0.2, 0.25) is 0 Å². The van der Waals surface area contributed by atoms with Crippen LogP contribution in [0.1, 0.15) is 33.4 Å². The normalized spacial score (nSPS) is 11.5. The van der Waals surface area contributed by atoms with Crippen molar-refractivity contribution in [1.29, 1.82) is 0 Å². The van der Waals surface area contributed by atoms with Crippen LogP contribution >= 0.6 is 11.3 Å². The van der Waals surface area contributed by atoms with Gasteiger partial charge < -0.3 is 25.5 Å². The number of esters is 1. The number of rotatable bonds is 8. The first-order valence-corrected chi connectivity index (χ1v) is 9.58. The van der Waals surface area contributed by atoms with Crippen molar-refractivity contribution in [2.24, 2.45) is 5.73 Å². The minimum atomic E-state index is -1.08. The van der Waals surface area contributed by atoms with Crippen LogP contribution in [0.25, 0.3) is 0 Å². The Morgan fingerprint density at radius 1 is 1.14 bits per heavy atom. The van der Waals surface area contributed by atoms with Gasteiger partial charge in [-0.25, -0.2) is 4.79 Å². The Morgan fingerprint density at radius 3 is 2.66 bits per heavy atom. The molecule has 0 bridgehead atoms. The number of nitrogens with two attached hydrogens (primary N) is 1. The summed E-state index contributed by atoms with van der Waals surface area (Å²) in [6, 6.07) is 11.9. The van der Waals surface area contributed by atoms with Crippen LogP contribution in [0.15, 0.2) is 58.5 Å².